The molecule has 2 N–H and O–H groups in total. The number of aryl methyl sites for hydroxylation is 3. The SMILES string of the molecule is CCCn1nc(C)c(CNc2cccc(CCC(=O)O)c2)c1C. The van der Waals surface area contributed by atoms with Crippen molar-refractivity contribution < 1.29 is 9.90 Å². The lowest BCUT2D eigenvalue weighted by atomic mass is 10.1. The van der Waals surface area contributed by atoms with E-state index in [-0.39, 0.29) is 6.42 Å². The number of carboxylic acid groups (broad SMARTS) is 1. The van der Waals surface area contributed by atoms with Crippen LogP contribution in [0, 0.1) is 13.8 Å². The van der Waals surface area contributed by atoms with Crippen LogP contribution in [0.25, 0.3) is 0 Å². The van der Waals surface area contributed by atoms with Crippen molar-refractivity contribution in [2.75, 3.05) is 5.32 Å². The predicted octanol–water partition coefficient (Wildman–Crippen LogP) is 3.54. The average Bonchev–Trinajstić information content (AvgIpc) is 2.78. The summed E-state index contributed by atoms with van der Waals surface area (Å²) in [6.07, 6.45) is 1.78. The number of aliphatic carboxylic acids is 1. The van der Waals surface area contributed by atoms with Crippen LogP contribution in [0.15, 0.2) is 24.3 Å². The Morgan fingerprint density at radius 1 is 1.35 bits per heavy atom. The summed E-state index contributed by atoms with van der Waals surface area (Å²) in [5.41, 5.74) is 5.54. The Kier molecular flexibility index (Phi) is 5.79. The van der Waals surface area contributed by atoms with E-state index < -0.39 is 5.97 Å². The molecule has 5 heteroatoms. The van der Waals surface area contributed by atoms with E-state index in [2.05, 4.69) is 28.9 Å². The summed E-state index contributed by atoms with van der Waals surface area (Å²) in [5.74, 6) is -0.766. The van der Waals surface area contributed by atoms with Crippen molar-refractivity contribution >= 4 is 11.7 Å². The van der Waals surface area contributed by atoms with Crippen LogP contribution in [0.4, 0.5) is 5.69 Å². The lowest BCUT2D eigenvalue weighted by Gasteiger charge is -2.09. The third-order valence-electron chi connectivity index (χ3n) is 3.99. The van der Waals surface area contributed by atoms with Gasteiger partial charge in [0, 0.05) is 36.5 Å². The molecule has 0 spiro atoms. The number of nitrogens with zero attached hydrogens (tertiary/aromatic N) is 2. The summed E-state index contributed by atoms with van der Waals surface area (Å²) in [6.45, 7) is 7.97. The predicted molar refractivity (Wildman–Crippen MR) is 91.7 cm³/mol. The van der Waals surface area contributed by atoms with Crippen LogP contribution in [-0.4, -0.2) is 20.9 Å². The standard InChI is InChI=1S/C18H25N3O2/c1-4-10-21-14(3)17(13(2)20-21)12-19-16-7-5-6-15(11-16)8-9-18(22)23/h5-7,11,19H,4,8-10,12H2,1-3H3,(H,22,23). The van der Waals surface area contributed by atoms with Crippen molar-refractivity contribution in [1.29, 1.82) is 0 Å². The molecule has 0 radical (unpaired) electrons. The fraction of sp³-hybridized carbons (Fsp3) is 0.444. The summed E-state index contributed by atoms with van der Waals surface area (Å²) in [6, 6.07) is 7.94. The average molecular weight is 315 g/mol. The molecule has 2 aromatic rings. The Balaban J connectivity index is 2.03. The Hall–Kier alpha value is -2.30. The van der Waals surface area contributed by atoms with E-state index in [9.17, 15) is 4.79 Å². The second kappa shape index (κ2) is 7.81. The number of nitrogens with one attached hydrogen (secondary N) is 1. The van der Waals surface area contributed by atoms with Crippen LogP contribution in [0.3, 0.4) is 0 Å². The normalized spacial score (nSPS) is 10.7. The van der Waals surface area contributed by atoms with Gasteiger partial charge < -0.3 is 10.4 Å². The maximum Gasteiger partial charge on any atom is 0.303 e. The first-order valence-corrected chi connectivity index (χ1v) is 8.08. The lowest BCUT2D eigenvalue weighted by molar-refractivity contribution is -0.136. The number of hydrogen-bond acceptors (Lipinski definition) is 3. The Bertz CT molecular complexity index is 677. The van der Waals surface area contributed by atoms with Gasteiger partial charge in [-0.1, -0.05) is 19.1 Å². The first-order chi connectivity index (χ1) is 11.0. The molecule has 0 bridgehead atoms. The minimum Gasteiger partial charge on any atom is -0.481 e. The third-order valence-corrected chi connectivity index (χ3v) is 3.99. The molecule has 1 aromatic carbocycles. The molecular weight excluding hydrogens is 290 g/mol. The molecule has 1 heterocycles. The topological polar surface area (TPSA) is 67.2 Å². The molecule has 0 aliphatic rings. The van der Waals surface area contributed by atoms with Crippen LogP contribution in [0.2, 0.25) is 0 Å². The summed E-state index contributed by atoms with van der Waals surface area (Å²) in [4.78, 5) is 10.7. The molecule has 0 atom stereocenters. The number of aromatic nitrogens is 2. The quantitative estimate of drug-likeness (QED) is 0.782. The number of anilines is 1. The van der Waals surface area contributed by atoms with Crippen molar-refractivity contribution in [3.8, 4) is 0 Å². The van der Waals surface area contributed by atoms with Gasteiger partial charge in [-0.05, 0) is 44.4 Å². The van der Waals surface area contributed by atoms with Gasteiger partial charge in [-0.2, -0.15) is 5.10 Å². The van der Waals surface area contributed by atoms with Crippen LogP contribution in [0.1, 0.15) is 42.3 Å². The molecular formula is C18H25N3O2. The smallest absolute Gasteiger partial charge is 0.303 e. The molecule has 0 saturated carbocycles. The van der Waals surface area contributed by atoms with Gasteiger partial charge in [0.15, 0.2) is 0 Å². The van der Waals surface area contributed by atoms with Gasteiger partial charge in [0.1, 0.15) is 0 Å². The first kappa shape index (κ1) is 17.1. The minimum atomic E-state index is -0.766. The zero-order valence-electron chi connectivity index (χ0n) is 14.1. The van der Waals surface area contributed by atoms with Gasteiger partial charge in [-0.15, -0.1) is 0 Å². The van der Waals surface area contributed by atoms with E-state index in [0.29, 0.717) is 6.42 Å². The highest BCUT2D eigenvalue weighted by Gasteiger charge is 2.10. The van der Waals surface area contributed by atoms with Crippen molar-refractivity contribution in [1.82, 2.24) is 9.78 Å². The van der Waals surface area contributed by atoms with Crippen molar-refractivity contribution in [2.24, 2.45) is 0 Å². The molecule has 5 nitrogen and oxygen atoms in total. The van der Waals surface area contributed by atoms with Crippen molar-refractivity contribution in [3.63, 3.8) is 0 Å². The Labute approximate surface area is 137 Å². The van der Waals surface area contributed by atoms with Gasteiger partial charge in [0.05, 0.1) is 5.69 Å². The van der Waals surface area contributed by atoms with E-state index in [4.69, 9.17) is 5.11 Å². The highest BCUT2D eigenvalue weighted by molar-refractivity contribution is 5.67. The second-order valence-corrected chi connectivity index (χ2v) is 5.82. The summed E-state index contributed by atoms with van der Waals surface area (Å²) < 4.78 is 2.07. The lowest BCUT2D eigenvalue weighted by Crippen LogP contribution is -2.04. The number of hydrogen-bond donors (Lipinski definition) is 2. The maximum absolute atomic E-state index is 10.7. The number of carbonyl (C=O) groups is 1. The number of carboxylic acids is 1. The number of rotatable bonds is 8. The van der Waals surface area contributed by atoms with E-state index in [1.165, 1.54) is 11.3 Å². The summed E-state index contributed by atoms with van der Waals surface area (Å²) >= 11 is 0. The largest absolute Gasteiger partial charge is 0.481 e. The van der Waals surface area contributed by atoms with Gasteiger partial charge in [-0.3, -0.25) is 9.48 Å². The van der Waals surface area contributed by atoms with E-state index >= 15 is 0 Å². The van der Waals surface area contributed by atoms with Crippen molar-refractivity contribution in [2.45, 2.75) is 53.1 Å². The second-order valence-electron chi connectivity index (χ2n) is 5.82. The molecule has 0 fully saturated rings. The summed E-state index contributed by atoms with van der Waals surface area (Å²) in [5, 5.41) is 16.8. The fourth-order valence-corrected chi connectivity index (χ4v) is 2.70. The fourth-order valence-electron chi connectivity index (χ4n) is 2.70. The highest BCUT2D eigenvalue weighted by atomic mass is 16.4. The molecule has 23 heavy (non-hydrogen) atoms. The molecule has 1 aromatic heterocycles. The van der Waals surface area contributed by atoms with Gasteiger partial charge in [0.25, 0.3) is 0 Å². The van der Waals surface area contributed by atoms with Gasteiger partial charge in [-0.25, -0.2) is 0 Å². The van der Waals surface area contributed by atoms with Crippen LogP contribution < -0.4 is 5.32 Å². The van der Waals surface area contributed by atoms with Gasteiger partial charge >= 0.3 is 5.97 Å². The van der Waals surface area contributed by atoms with E-state index in [1.807, 2.05) is 31.2 Å². The third kappa shape index (κ3) is 4.58. The zero-order chi connectivity index (χ0) is 16.8. The van der Waals surface area contributed by atoms with Gasteiger partial charge in [0.2, 0.25) is 0 Å². The summed E-state index contributed by atoms with van der Waals surface area (Å²) in [7, 11) is 0. The Morgan fingerprint density at radius 2 is 2.13 bits per heavy atom. The maximum atomic E-state index is 10.7. The molecule has 0 amide bonds. The highest BCUT2D eigenvalue weighted by Crippen LogP contribution is 2.17. The van der Waals surface area contributed by atoms with E-state index in [0.717, 1.165) is 36.5 Å². The van der Waals surface area contributed by atoms with Crippen LogP contribution in [0.5, 0.6) is 0 Å². The van der Waals surface area contributed by atoms with Crippen LogP contribution >= 0.6 is 0 Å². The monoisotopic (exact) mass is 315 g/mol. The Morgan fingerprint density at radius 3 is 2.83 bits per heavy atom. The molecule has 0 unspecified atom stereocenters. The van der Waals surface area contributed by atoms with Crippen LogP contribution in [-0.2, 0) is 24.3 Å². The van der Waals surface area contributed by atoms with E-state index in [1.54, 1.807) is 0 Å². The molecule has 124 valence electrons. The zero-order valence-corrected chi connectivity index (χ0v) is 14.1. The molecule has 2 rings (SSSR count). The number of benzene rings is 1. The molecule has 0 aliphatic carbocycles. The first-order valence-electron chi connectivity index (χ1n) is 8.08. The van der Waals surface area contributed by atoms with Crippen molar-refractivity contribution in [3.05, 3.63) is 46.8 Å². The molecule has 0 saturated heterocycles. The molecule has 0 aliphatic heterocycles. The minimum absolute atomic E-state index is 0.158.